The molecule has 4 heteroatoms. The van der Waals surface area contributed by atoms with E-state index < -0.39 is 0 Å². The zero-order valence-corrected chi connectivity index (χ0v) is 14.4. The molecule has 0 aromatic heterocycles. The Labute approximate surface area is 144 Å². The lowest BCUT2D eigenvalue weighted by atomic mass is 9.89. The maximum atomic E-state index is 12.4. The number of fused-ring (bicyclic) bond motifs is 1. The topological polar surface area (TPSA) is 72.2 Å². The van der Waals surface area contributed by atoms with Crippen molar-refractivity contribution in [2.75, 3.05) is 6.54 Å². The van der Waals surface area contributed by atoms with Crippen LogP contribution in [0.15, 0.2) is 18.2 Å². The van der Waals surface area contributed by atoms with E-state index in [4.69, 9.17) is 5.73 Å². The van der Waals surface area contributed by atoms with Gasteiger partial charge in [-0.05, 0) is 68.2 Å². The lowest BCUT2D eigenvalue weighted by Crippen LogP contribution is -2.39. The van der Waals surface area contributed by atoms with E-state index >= 15 is 0 Å². The summed E-state index contributed by atoms with van der Waals surface area (Å²) in [4.78, 5) is 24.5. The van der Waals surface area contributed by atoms with Gasteiger partial charge in [-0.25, -0.2) is 0 Å². The van der Waals surface area contributed by atoms with Gasteiger partial charge in [-0.1, -0.05) is 18.6 Å². The molecule has 0 heterocycles. The molecule has 2 aliphatic carbocycles. The van der Waals surface area contributed by atoms with E-state index in [2.05, 4.69) is 11.4 Å². The number of nitrogens with two attached hydrogens (primary N) is 1. The second-order valence-electron chi connectivity index (χ2n) is 7.21. The summed E-state index contributed by atoms with van der Waals surface area (Å²) in [5.41, 5.74) is 9.19. The third kappa shape index (κ3) is 4.04. The summed E-state index contributed by atoms with van der Waals surface area (Å²) in [6.07, 6.45) is 8.41. The molecule has 130 valence electrons. The summed E-state index contributed by atoms with van der Waals surface area (Å²) in [7, 11) is 0. The van der Waals surface area contributed by atoms with Crippen LogP contribution >= 0.6 is 0 Å². The summed E-state index contributed by atoms with van der Waals surface area (Å²) in [5, 5.41) is 3.07. The van der Waals surface area contributed by atoms with Gasteiger partial charge in [0.15, 0.2) is 5.78 Å². The van der Waals surface area contributed by atoms with E-state index in [1.807, 2.05) is 12.1 Å². The number of ketones is 1. The molecule has 24 heavy (non-hydrogen) atoms. The minimum absolute atomic E-state index is 0.0216. The summed E-state index contributed by atoms with van der Waals surface area (Å²) in [5.74, 6) is 0.442. The SMILES string of the molecule is NCC1CCCC1NC(=O)CCC(=O)c1ccc2c(c1)CCCC2. The smallest absolute Gasteiger partial charge is 0.220 e. The quantitative estimate of drug-likeness (QED) is 0.789. The van der Waals surface area contributed by atoms with Crippen molar-refractivity contribution >= 4 is 11.7 Å². The number of Topliss-reactive ketones (excluding diaryl/α,β-unsaturated/α-hetero) is 1. The summed E-state index contributed by atoms with van der Waals surface area (Å²) in [6, 6.07) is 6.25. The molecule has 1 amide bonds. The Kier molecular flexibility index (Phi) is 5.67. The van der Waals surface area contributed by atoms with Crippen molar-refractivity contribution in [2.24, 2.45) is 11.7 Å². The molecule has 1 aromatic rings. The van der Waals surface area contributed by atoms with E-state index in [-0.39, 0.29) is 30.6 Å². The highest BCUT2D eigenvalue weighted by Crippen LogP contribution is 2.25. The number of benzene rings is 1. The first kappa shape index (κ1) is 17.2. The molecule has 2 aliphatic rings. The van der Waals surface area contributed by atoms with Crippen LogP contribution in [0.3, 0.4) is 0 Å². The minimum Gasteiger partial charge on any atom is -0.353 e. The second kappa shape index (κ2) is 7.93. The van der Waals surface area contributed by atoms with Gasteiger partial charge in [0.05, 0.1) is 0 Å². The predicted molar refractivity (Wildman–Crippen MR) is 95.0 cm³/mol. The van der Waals surface area contributed by atoms with Crippen LogP contribution in [0.4, 0.5) is 0 Å². The molecule has 3 rings (SSSR count). The molecule has 2 atom stereocenters. The largest absolute Gasteiger partial charge is 0.353 e. The first-order valence-corrected chi connectivity index (χ1v) is 9.32. The summed E-state index contributed by atoms with van der Waals surface area (Å²) in [6.45, 7) is 0.624. The maximum Gasteiger partial charge on any atom is 0.220 e. The van der Waals surface area contributed by atoms with Gasteiger partial charge in [0.1, 0.15) is 0 Å². The summed E-state index contributed by atoms with van der Waals surface area (Å²) >= 11 is 0. The second-order valence-corrected chi connectivity index (χ2v) is 7.21. The molecule has 1 aromatic carbocycles. The highest BCUT2D eigenvalue weighted by Gasteiger charge is 2.27. The number of rotatable bonds is 6. The Bertz CT molecular complexity index is 612. The normalized spacial score (nSPS) is 22.9. The van der Waals surface area contributed by atoms with Gasteiger partial charge >= 0.3 is 0 Å². The fourth-order valence-electron chi connectivity index (χ4n) is 4.07. The number of aryl methyl sites for hydroxylation is 2. The van der Waals surface area contributed by atoms with E-state index in [1.165, 1.54) is 24.0 Å². The zero-order chi connectivity index (χ0) is 16.9. The monoisotopic (exact) mass is 328 g/mol. The molecule has 0 spiro atoms. The molecule has 1 fully saturated rings. The van der Waals surface area contributed by atoms with E-state index in [0.717, 1.165) is 37.7 Å². The van der Waals surface area contributed by atoms with Crippen molar-refractivity contribution in [3.8, 4) is 0 Å². The van der Waals surface area contributed by atoms with Crippen LogP contribution in [0.2, 0.25) is 0 Å². The number of carbonyl (C=O) groups is 2. The number of carbonyl (C=O) groups excluding carboxylic acids is 2. The third-order valence-corrected chi connectivity index (χ3v) is 5.56. The Morgan fingerprint density at radius 2 is 1.83 bits per heavy atom. The zero-order valence-electron chi connectivity index (χ0n) is 14.4. The van der Waals surface area contributed by atoms with Crippen LogP contribution < -0.4 is 11.1 Å². The fraction of sp³-hybridized carbons (Fsp3) is 0.600. The van der Waals surface area contributed by atoms with Crippen molar-refractivity contribution in [1.82, 2.24) is 5.32 Å². The molecule has 0 aliphatic heterocycles. The molecule has 3 N–H and O–H groups in total. The number of hydrogen-bond donors (Lipinski definition) is 2. The predicted octanol–water partition coefficient (Wildman–Crippen LogP) is 2.77. The van der Waals surface area contributed by atoms with Crippen molar-refractivity contribution in [3.05, 3.63) is 34.9 Å². The van der Waals surface area contributed by atoms with Crippen LogP contribution in [0.5, 0.6) is 0 Å². The Morgan fingerprint density at radius 1 is 1.04 bits per heavy atom. The summed E-state index contributed by atoms with van der Waals surface area (Å²) < 4.78 is 0. The van der Waals surface area contributed by atoms with Crippen LogP contribution in [-0.2, 0) is 17.6 Å². The molecule has 0 bridgehead atoms. The Hall–Kier alpha value is -1.68. The van der Waals surface area contributed by atoms with Crippen LogP contribution in [0.1, 0.15) is 66.4 Å². The van der Waals surface area contributed by atoms with Crippen molar-refractivity contribution in [2.45, 2.75) is 63.8 Å². The van der Waals surface area contributed by atoms with Gasteiger partial charge in [0, 0.05) is 24.4 Å². The van der Waals surface area contributed by atoms with E-state index in [0.29, 0.717) is 12.5 Å². The van der Waals surface area contributed by atoms with Crippen molar-refractivity contribution in [1.29, 1.82) is 0 Å². The molecular formula is C20H28N2O2. The molecule has 0 radical (unpaired) electrons. The Balaban J connectivity index is 1.51. The van der Waals surface area contributed by atoms with Crippen molar-refractivity contribution in [3.63, 3.8) is 0 Å². The van der Waals surface area contributed by atoms with Gasteiger partial charge in [0.2, 0.25) is 5.91 Å². The first-order valence-electron chi connectivity index (χ1n) is 9.32. The number of amides is 1. The first-order chi connectivity index (χ1) is 11.7. The average Bonchev–Trinajstić information content (AvgIpc) is 3.06. The lowest BCUT2D eigenvalue weighted by molar-refractivity contribution is -0.122. The Morgan fingerprint density at radius 3 is 2.62 bits per heavy atom. The highest BCUT2D eigenvalue weighted by atomic mass is 16.2. The van der Waals surface area contributed by atoms with Gasteiger partial charge in [-0.3, -0.25) is 9.59 Å². The molecular weight excluding hydrogens is 300 g/mol. The van der Waals surface area contributed by atoms with Gasteiger partial charge in [-0.2, -0.15) is 0 Å². The maximum absolute atomic E-state index is 12.4. The van der Waals surface area contributed by atoms with Crippen LogP contribution in [0, 0.1) is 5.92 Å². The van der Waals surface area contributed by atoms with Crippen LogP contribution in [0.25, 0.3) is 0 Å². The lowest BCUT2D eigenvalue weighted by Gasteiger charge is -2.19. The molecule has 1 saturated carbocycles. The average molecular weight is 328 g/mol. The van der Waals surface area contributed by atoms with Gasteiger partial charge < -0.3 is 11.1 Å². The van der Waals surface area contributed by atoms with E-state index in [1.54, 1.807) is 0 Å². The highest BCUT2D eigenvalue weighted by molar-refractivity contribution is 5.98. The minimum atomic E-state index is -0.0216. The number of hydrogen-bond acceptors (Lipinski definition) is 3. The molecule has 0 saturated heterocycles. The molecule has 2 unspecified atom stereocenters. The number of nitrogens with one attached hydrogen (secondary N) is 1. The standard InChI is InChI=1S/C20H28N2O2/c21-13-17-6-3-7-18(17)22-20(24)11-10-19(23)16-9-8-14-4-1-2-5-15(14)12-16/h8-9,12,17-18H,1-7,10-11,13,21H2,(H,22,24). The van der Waals surface area contributed by atoms with Crippen LogP contribution in [-0.4, -0.2) is 24.3 Å². The fourth-order valence-corrected chi connectivity index (χ4v) is 4.07. The van der Waals surface area contributed by atoms with E-state index in [9.17, 15) is 9.59 Å². The molecule has 4 nitrogen and oxygen atoms in total. The van der Waals surface area contributed by atoms with Crippen molar-refractivity contribution < 1.29 is 9.59 Å². The van der Waals surface area contributed by atoms with Gasteiger partial charge in [0.25, 0.3) is 0 Å². The third-order valence-electron chi connectivity index (χ3n) is 5.56. The van der Waals surface area contributed by atoms with Gasteiger partial charge in [-0.15, -0.1) is 0 Å².